The lowest BCUT2D eigenvalue weighted by atomic mass is 10.1. The minimum absolute atomic E-state index is 0.388. The fourth-order valence-corrected chi connectivity index (χ4v) is 5.33. The van der Waals surface area contributed by atoms with Crippen LogP contribution >= 0.6 is 7.53 Å². The van der Waals surface area contributed by atoms with Gasteiger partial charge in [-0.2, -0.15) is 5.26 Å². The summed E-state index contributed by atoms with van der Waals surface area (Å²) in [5, 5.41) is 19.9. The predicted octanol–water partition coefficient (Wildman–Crippen LogP) is 4.57. The van der Waals surface area contributed by atoms with E-state index in [9.17, 15) is 9.90 Å². The Morgan fingerprint density at radius 1 is 1.25 bits per heavy atom. The molecule has 0 aliphatic carbocycles. The molecule has 3 nitrogen and oxygen atoms in total. The number of carboxylic acid groups (broad SMARTS) is 1. The maximum Gasteiger partial charge on any atom is 0.340 e. The van der Waals surface area contributed by atoms with Crippen LogP contribution in [0.25, 0.3) is 10.9 Å². The quantitative estimate of drug-likeness (QED) is 0.895. The van der Waals surface area contributed by atoms with Gasteiger partial charge in [-0.25, -0.2) is 4.79 Å². The van der Waals surface area contributed by atoms with Crippen LogP contribution in [0.15, 0.2) is 30.3 Å². The minimum Gasteiger partial charge on any atom is -0.477 e. The van der Waals surface area contributed by atoms with Gasteiger partial charge in [0.05, 0.1) is 11.4 Å². The number of nitriles is 1. The third-order valence-corrected chi connectivity index (χ3v) is 6.38. The summed E-state index contributed by atoms with van der Waals surface area (Å²) in [5.41, 5.74) is 2.99. The van der Waals surface area contributed by atoms with Crippen molar-refractivity contribution in [2.75, 3.05) is 0 Å². The van der Waals surface area contributed by atoms with Crippen LogP contribution in [0.1, 0.15) is 27.6 Å². The number of carbonyl (C=O) groups is 1. The molecular formula is C16H16NO2P. The molecule has 102 valence electrons. The highest BCUT2D eigenvalue weighted by atomic mass is 31.1. The molecule has 2 rings (SSSR count). The lowest BCUT2D eigenvalue weighted by Crippen LogP contribution is -1.95. The van der Waals surface area contributed by atoms with E-state index in [4.69, 9.17) is 5.26 Å². The molecule has 0 saturated heterocycles. The standard InChI is InChI=1S/C16H16NO2P/c1-11-12(2)15(16(18)19)20(10-6-9-17)14(11)13-7-4-3-5-8-13/h3-5,7-8H,6,10H2,1-2H3,(H,18,19). The first kappa shape index (κ1) is 14.4. The van der Waals surface area contributed by atoms with Crippen molar-refractivity contribution in [3.8, 4) is 16.9 Å². The topological polar surface area (TPSA) is 61.1 Å². The van der Waals surface area contributed by atoms with Crippen molar-refractivity contribution in [1.29, 1.82) is 5.26 Å². The average Bonchev–Trinajstić information content (AvgIpc) is 2.69. The van der Waals surface area contributed by atoms with Crippen molar-refractivity contribution < 1.29 is 9.90 Å². The van der Waals surface area contributed by atoms with Crippen LogP contribution in [0.3, 0.4) is 0 Å². The van der Waals surface area contributed by atoms with Crippen LogP contribution in [0.5, 0.6) is 0 Å². The summed E-state index contributed by atoms with van der Waals surface area (Å²) in [5.74, 6) is -0.850. The van der Waals surface area contributed by atoms with Gasteiger partial charge in [0.25, 0.3) is 0 Å². The Balaban J connectivity index is 2.70. The van der Waals surface area contributed by atoms with Gasteiger partial charge in [0.2, 0.25) is 0 Å². The summed E-state index contributed by atoms with van der Waals surface area (Å²) < 4.78 is 0. The van der Waals surface area contributed by atoms with Crippen LogP contribution < -0.4 is 0 Å². The summed E-state index contributed by atoms with van der Waals surface area (Å²) in [6, 6.07) is 12.0. The smallest absolute Gasteiger partial charge is 0.340 e. The Bertz CT molecular complexity index is 681. The molecule has 1 aromatic carbocycles. The maximum atomic E-state index is 11.6. The van der Waals surface area contributed by atoms with Gasteiger partial charge in [0.15, 0.2) is 0 Å². The third-order valence-electron chi connectivity index (χ3n) is 3.51. The number of hydrogen-bond acceptors (Lipinski definition) is 2. The van der Waals surface area contributed by atoms with E-state index in [2.05, 4.69) is 6.07 Å². The van der Waals surface area contributed by atoms with Gasteiger partial charge < -0.3 is 5.11 Å². The molecule has 1 atom stereocenters. The Hall–Kier alpha value is -2.04. The second-order valence-corrected chi connectivity index (χ2v) is 6.88. The van der Waals surface area contributed by atoms with Crippen LogP contribution in [-0.4, -0.2) is 11.1 Å². The number of carboxylic acids is 1. The number of nitrogens with zero attached hydrogens (tertiary/aromatic N) is 1. The molecule has 1 heterocycles. The molecule has 0 aliphatic heterocycles. The van der Waals surface area contributed by atoms with Crippen LogP contribution in [0.4, 0.5) is 0 Å². The molecule has 20 heavy (non-hydrogen) atoms. The molecule has 1 aromatic heterocycles. The molecule has 1 unspecified atom stereocenters. The molecule has 1 N–H and O–H groups in total. The number of rotatable bonds is 4. The maximum absolute atomic E-state index is 11.6. The Morgan fingerprint density at radius 3 is 2.45 bits per heavy atom. The summed E-state index contributed by atoms with van der Waals surface area (Å²) in [6.45, 7) is 3.85. The van der Waals surface area contributed by atoms with Crippen molar-refractivity contribution in [3.63, 3.8) is 0 Å². The highest BCUT2D eigenvalue weighted by molar-refractivity contribution is 7.54. The first-order valence-electron chi connectivity index (χ1n) is 6.43. The molecule has 0 saturated carbocycles. The second-order valence-electron chi connectivity index (χ2n) is 4.68. The van der Waals surface area contributed by atoms with Gasteiger partial charge in [-0.05, 0) is 30.5 Å². The Kier molecular flexibility index (Phi) is 4.27. The SMILES string of the molecule is Cc1c(C)c(-c2ccccc2)p(CCC#N)c1C(=O)O. The van der Waals surface area contributed by atoms with E-state index in [0.29, 0.717) is 17.9 Å². The molecule has 0 radical (unpaired) electrons. The molecule has 0 fully saturated rings. The molecular weight excluding hydrogens is 269 g/mol. The van der Waals surface area contributed by atoms with Crippen molar-refractivity contribution in [1.82, 2.24) is 0 Å². The average molecular weight is 285 g/mol. The minimum atomic E-state index is -0.935. The van der Waals surface area contributed by atoms with E-state index in [1.807, 2.05) is 44.2 Å². The molecule has 0 aliphatic rings. The van der Waals surface area contributed by atoms with Crippen molar-refractivity contribution >= 4 is 13.5 Å². The summed E-state index contributed by atoms with van der Waals surface area (Å²) in [6.07, 6.45) is 1.01. The Labute approximate surface area is 119 Å². The van der Waals surface area contributed by atoms with Gasteiger partial charge >= 0.3 is 5.97 Å². The highest BCUT2D eigenvalue weighted by Crippen LogP contribution is 2.51. The van der Waals surface area contributed by atoms with E-state index in [1.54, 1.807) is 0 Å². The number of benzene rings is 1. The summed E-state index contributed by atoms with van der Waals surface area (Å²) >= 11 is 0. The van der Waals surface area contributed by atoms with Gasteiger partial charge in [-0.3, -0.25) is 0 Å². The van der Waals surface area contributed by atoms with Gasteiger partial charge in [0, 0.05) is 17.9 Å². The number of hydrogen-bond donors (Lipinski definition) is 1. The molecule has 2 aromatic rings. The van der Waals surface area contributed by atoms with Crippen LogP contribution in [0.2, 0.25) is 0 Å². The molecule has 0 spiro atoms. The van der Waals surface area contributed by atoms with E-state index in [1.165, 1.54) is 0 Å². The van der Waals surface area contributed by atoms with Crippen LogP contribution in [-0.2, 0) is 6.16 Å². The first-order chi connectivity index (χ1) is 9.57. The van der Waals surface area contributed by atoms with Crippen LogP contribution in [0, 0.1) is 25.2 Å². The Morgan fingerprint density at radius 2 is 1.90 bits per heavy atom. The van der Waals surface area contributed by atoms with Gasteiger partial charge in [-0.15, -0.1) is 7.53 Å². The molecule has 4 heteroatoms. The fraction of sp³-hybridized carbons (Fsp3) is 0.250. The molecule has 0 bridgehead atoms. The van der Waals surface area contributed by atoms with Gasteiger partial charge in [0.1, 0.15) is 0 Å². The zero-order valence-electron chi connectivity index (χ0n) is 11.6. The number of aromatic carboxylic acids is 1. The fourth-order valence-electron chi connectivity index (χ4n) is 2.50. The second kappa shape index (κ2) is 5.94. The van der Waals surface area contributed by atoms with Gasteiger partial charge in [-0.1, -0.05) is 30.3 Å². The third kappa shape index (κ3) is 2.48. The normalized spacial score (nSPS) is 11.2. The van der Waals surface area contributed by atoms with Crippen molar-refractivity contribution in [3.05, 3.63) is 46.8 Å². The van der Waals surface area contributed by atoms with E-state index in [-0.39, 0.29) is 0 Å². The predicted molar refractivity (Wildman–Crippen MR) is 81.2 cm³/mol. The zero-order chi connectivity index (χ0) is 14.7. The van der Waals surface area contributed by atoms with E-state index in [0.717, 1.165) is 22.0 Å². The highest BCUT2D eigenvalue weighted by Gasteiger charge is 2.23. The van der Waals surface area contributed by atoms with E-state index < -0.39 is 13.5 Å². The van der Waals surface area contributed by atoms with E-state index >= 15 is 0 Å². The zero-order valence-corrected chi connectivity index (χ0v) is 12.4. The first-order valence-corrected chi connectivity index (χ1v) is 7.96. The van der Waals surface area contributed by atoms with Crippen molar-refractivity contribution in [2.45, 2.75) is 26.4 Å². The lowest BCUT2D eigenvalue weighted by Gasteiger charge is -2.07. The monoisotopic (exact) mass is 285 g/mol. The summed E-state index contributed by atoms with van der Waals surface area (Å²) in [7, 11) is -0.935. The lowest BCUT2D eigenvalue weighted by molar-refractivity contribution is 0.0701. The molecule has 0 amide bonds. The van der Waals surface area contributed by atoms with Crippen molar-refractivity contribution in [2.24, 2.45) is 0 Å². The largest absolute Gasteiger partial charge is 0.477 e. The summed E-state index contributed by atoms with van der Waals surface area (Å²) in [4.78, 5) is 11.6.